The number of benzene rings is 2. The van der Waals surface area contributed by atoms with E-state index in [1.807, 2.05) is 6.92 Å². The van der Waals surface area contributed by atoms with Gasteiger partial charge in [-0.2, -0.15) is 0 Å². The average Bonchev–Trinajstić information content (AvgIpc) is 3.00. The van der Waals surface area contributed by atoms with E-state index in [0.717, 1.165) is 4.90 Å². The van der Waals surface area contributed by atoms with Crippen LogP contribution in [0.15, 0.2) is 53.4 Å². The lowest BCUT2D eigenvalue weighted by molar-refractivity contribution is -0.139. The summed E-state index contributed by atoms with van der Waals surface area (Å²) in [6.07, 6.45) is 0.645. The Morgan fingerprint density at radius 3 is 2.39 bits per heavy atom. The molecule has 1 saturated heterocycles. The number of imide groups is 1. The number of hydrogen-bond acceptors (Lipinski definition) is 5. The van der Waals surface area contributed by atoms with Gasteiger partial charge in [0.2, 0.25) is 21.8 Å². The molecular weight excluding hydrogens is 442 g/mol. The molecule has 31 heavy (non-hydrogen) atoms. The Kier molecular flexibility index (Phi) is 6.78. The number of hydrogen-bond donors (Lipinski definition) is 1. The Bertz CT molecular complexity index is 1120. The topological polar surface area (TPSA) is 118 Å². The average molecular weight is 464 g/mol. The predicted molar refractivity (Wildman–Crippen MR) is 116 cm³/mol. The maximum Gasteiger partial charge on any atom is 0.257 e. The van der Waals surface area contributed by atoms with Crippen LogP contribution in [0.3, 0.4) is 0 Å². The van der Waals surface area contributed by atoms with Gasteiger partial charge in [0.05, 0.1) is 17.0 Å². The zero-order valence-corrected chi connectivity index (χ0v) is 18.4. The minimum absolute atomic E-state index is 0.0976. The van der Waals surface area contributed by atoms with Gasteiger partial charge >= 0.3 is 0 Å². The largest absolute Gasteiger partial charge is 0.326 e. The van der Waals surface area contributed by atoms with Gasteiger partial charge in [-0.15, -0.1) is 0 Å². The third-order valence-corrected chi connectivity index (χ3v) is 6.30. The van der Waals surface area contributed by atoms with Gasteiger partial charge in [-0.25, -0.2) is 18.5 Å². The van der Waals surface area contributed by atoms with Crippen LogP contribution in [0.5, 0.6) is 0 Å². The van der Waals surface area contributed by atoms with Gasteiger partial charge in [-0.1, -0.05) is 36.7 Å². The van der Waals surface area contributed by atoms with E-state index in [2.05, 4.69) is 0 Å². The summed E-state index contributed by atoms with van der Waals surface area (Å²) in [5, 5.41) is 5.56. The lowest BCUT2D eigenvalue weighted by atomic mass is 10.1. The summed E-state index contributed by atoms with van der Waals surface area (Å²) in [6.45, 7) is 1.95. The van der Waals surface area contributed by atoms with E-state index < -0.39 is 27.9 Å². The quantitative estimate of drug-likeness (QED) is 0.633. The molecule has 8 nitrogen and oxygen atoms in total. The van der Waals surface area contributed by atoms with Crippen molar-refractivity contribution in [1.29, 1.82) is 0 Å². The smallest absolute Gasteiger partial charge is 0.257 e. The number of nitrogens with two attached hydrogens (primary N) is 1. The predicted octanol–water partition coefficient (Wildman–Crippen LogP) is 2.45. The van der Waals surface area contributed by atoms with Crippen molar-refractivity contribution in [3.8, 4) is 0 Å². The monoisotopic (exact) mass is 463 g/mol. The van der Waals surface area contributed by atoms with Gasteiger partial charge < -0.3 is 4.90 Å². The molecule has 164 valence electrons. The number of carbonyl (C=O) groups is 3. The van der Waals surface area contributed by atoms with Crippen molar-refractivity contribution in [2.45, 2.75) is 43.7 Å². The molecule has 1 heterocycles. The number of amides is 3. The first-order chi connectivity index (χ1) is 14.6. The van der Waals surface area contributed by atoms with Gasteiger partial charge in [0, 0.05) is 18.0 Å². The van der Waals surface area contributed by atoms with E-state index in [-0.39, 0.29) is 35.9 Å². The van der Waals surface area contributed by atoms with Crippen molar-refractivity contribution in [2.24, 2.45) is 5.14 Å². The fraction of sp³-hybridized carbons (Fsp3) is 0.286. The molecular formula is C21H22ClN3O5S. The number of primary sulfonamides is 1. The van der Waals surface area contributed by atoms with E-state index in [9.17, 15) is 22.8 Å². The van der Waals surface area contributed by atoms with Crippen LogP contribution in [0.25, 0.3) is 0 Å². The van der Waals surface area contributed by atoms with Crippen molar-refractivity contribution in [1.82, 2.24) is 4.90 Å². The van der Waals surface area contributed by atoms with Crippen LogP contribution in [0.1, 0.15) is 31.7 Å². The maximum atomic E-state index is 13.2. The van der Waals surface area contributed by atoms with Crippen molar-refractivity contribution >= 4 is 45.0 Å². The highest BCUT2D eigenvalue weighted by Crippen LogP contribution is 2.29. The summed E-state index contributed by atoms with van der Waals surface area (Å²) in [7, 11) is -3.90. The third-order valence-electron chi connectivity index (χ3n) is 5.01. The summed E-state index contributed by atoms with van der Waals surface area (Å²) < 4.78 is 22.9. The number of carbonyl (C=O) groups excluding carboxylic acids is 3. The SMILES string of the molecule is CCCC(=O)N(Cc1ccccc1Cl)C1CC(=O)N(c2ccc(S(N)(=O)=O)cc2)C1=O. The molecule has 2 aromatic rings. The van der Waals surface area contributed by atoms with Crippen molar-refractivity contribution in [3.05, 3.63) is 59.1 Å². The second-order valence-corrected chi connectivity index (χ2v) is 9.16. The normalized spacial score (nSPS) is 16.6. The lowest BCUT2D eigenvalue weighted by Gasteiger charge is -2.28. The van der Waals surface area contributed by atoms with Gasteiger partial charge in [0.15, 0.2) is 0 Å². The summed E-state index contributed by atoms with van der Waals surface area (Å²) in [4.78, 5) is 40.9. The molecule has 3 amide bonds. The molecule has 0 saturated carbocycles. The number of anilines is 1. The maximum absolute atomic E-state index is 13.2. The fourth-order valence-electron chi connectivity index (χ4n) is 3.46. The first kappa shape index (κ1) is 22.9. The molecule has 2 N–H and O–H groups in total. The van der Waals surface area contributed by atoms with Gasteiger partial charge in [-0.05, 0) is 42.3 Å². The molecule has 1 aliphatic heterocycles. The molecule has 2 aromatic carbocycles. The molecule has 10 heteroatoms. The molecule has 3 rings (SSSR count). The molecule has 0 spiro atoms. The summed E-state index contributed by atoms with van der Waals surface area (Å²) in [5.41, 5.74) is 0.885. The van der Waals surface area contributed by atoms with Crippen LogP contribution in [-0.4, -0.2) is 37.1 Å². The van der Waals surface area contributed by atoms with Crippen molar-refractivity contribution in [3.63, 3.8) is 0 Å². The highest BCUT2D eigenvalue weighted by atomic mass is 35.5. The number of halogens is 1. The lowest BCUT2D eigenvalue weighted by Crippen LogP contribution is -2.45. The highest BCUT2D eigenvalue weighted by molar-refractivity contribution is 7.89. The van der Waals surface area contributed by atoms with Crippen LogP contribution in [-0.2, 0) is 31.0 Å². The number of nitrogens with zero attached hydrogens (tertiary/aromatic N) is 2. The van der Waals surface area contributed by atoms with Gasteiger partial charge in [-0.3, -0.25) is 14.4 Å². The molecule has 1 unspecified atom stereocenters. The minimum atomic E-state index is -3.90. The standard InChI is InChI=1S/C21H22ClN3O5S/c1-2-5-19(26)24(13-14-6-3-4-7-17(14)22)18-12-20(27)25(21(18)28)15-8-10-16(11-9-15)31(23,29)30/h3-4,6-11,18H,2,5,12-13H2,1H3,(H2,23,29,30). The second-order valence-electron chi connectivity index (χ2n) is 7.19. The summed E-state index contributed by atoms with van der Waals surface area (Å²) in [5.74, 6) is -1.28. The highest BCUT2D eigenvalue weighted by Gasteiger charge is 2.44. The van der Waals surface area contributed by atoms with Crippen LogP contribution in [0.4, 0.5) is 5.69 Å². The van der Waals surface area contributed by atoms with Crippen molar-refractivity contribution in [2.75, 3.05) is 4.90 Å². The zero-order valence-electron chi connectivity index (χ0n) is 16.8. The summed E-state index contributed by atoms with van der Waals surface area (Å²) in [6, 6.07) is 11.2. The molecule has 1 atom stereocenters. The van der Waals surface area contributed by atoms with Crippen molar-refractivity contribution < 1.29 is 22.8 Å². The molecule has 1 fully saturated rings. The molecule has 1 aliphatic rings. The minimum Gasteiger partial charge on any atom is -0.326 e. The van der Waals surface area contributed by atoms with Gasteiger partial charge in [0.25, 0.3) is 5.91 Å². The van der Waals surface area contributed by atoms with E-state index in [4.69, 9.17) is 16.7 Å². The van der Waals surface area contributed by atoms with Crippen LogP contribution in [0.2, 0.25) is 5.02 Å². The molecule has 0 bridgehead atoms. The van der Waals surface area contributed by atoms with E-state index in [0.29, 0.717) is 17.0 Å². The third kappa shape index (κ3) is 4.95. The Morgan fingerprint density at radius 1 is 1.16 bits per heavy atom. The Labute approximate surface area is 185 Å². The number of rotatable bonds is 7. The van der Waals surface area contributed by atoms with Crippen LogP contribution in [0, 0.1) is 0 Å². The molecule has 0 radical (unpaired) electrons. The second kappa shape index (κ2) is 9.17. The van der Waals surface area contributed by atoms with Crippen LogP contribution < -0.4 is 10.0 Å². The first-order valence-corrected chi connectivity index (χ1v) is 11.6. The molecule has 0 aromatic heterocycles. The summed E-state index contributed by atoms with van der Waals surface area (Å²) >= 11 is 6.24. The Morgan fingerprint density at radius 2 is 1.81 bits per heavy atom. The first-order valence-electron chi connectivity index (χ1n) is 9.66. The zero-order chi connectivity index (χ0) is 22.8. The van der Waals surface area contributed by atoms with E-state index >= 15 is 0 Å². The van der Waals surface area contributed by atoms with Crippen LogP contribution >= 0.6 is 11.6 Å². The Balaban J connectivity index is 1.91. The fourth-order valence-corrected chi connectivity index (χ4v) is 4.17. The Hall–Kier alpha value is -2.75. The number of sulfonamides is 1. The van der Waals surface area contributed by atoms with E-state index in [1.54, 1.807) is 24.3 Å². The van der Waals surface area contributed by atoms with Gasteiger partial charge in [0.1, 0.15) is 6.04 Å². The molecule has 0 aliphatic carbocycles. The van der Waals surface area contributed by atoms with E-state index in [1.165, 1.54) is 29.2 Å².